The molecule has 0 fully saturated rings. The van der Waals surface area contributed by atoms with E-state index in [0.717, 1.165) is 0 Å². The van der Waals surface area contributed by atoms with E-state index in [9.17, 15) is 4.79 Å². The van der Waals surface area contributed by atoms with Gasteiger partial charge in [0.2, 0.25) is 0 Å². The topological polar surface area (TPSA) is 17.1 Å². The molecular weight excluding hydrogens is 148 g/mol. The van der Waals surface area contributed by atoms with Crippen molar-refractivity contribution in [2.75, 3.05) is 0 Å². The third kappa shape index (κ3) is 3.52. The maximum absolute atomic E-state index is 11.0. The molecular formula is C11H10O. The Morgan fingerprint density at radius 1 is 0.583 bits per heavy atom. The molecule has 60 valence electrons. The lowest BCUT2D eigenvalue weighted by atomic mass is 10.4. The van der Waals surface area contributed by atoms with E-state index in [0.29, 0.717) is 0 Å². The van der Waals surface area contributed by atoms with Crippen molar-refractivity contribution >= 4 is 0 Å². The van der Waals surface area contributed by atoms with Gasteiger partial charge in [0.1, 0.15) is 0 Å². The third-order valence-corrected chi connectivity index (χ3v) is 1.30. The van der Waals surface area contributed by atoms with E-state index in [1.54, 1.807) is 12.1 Å². The Morgan fingerprint density at radius 3 is 1.33 bits per heavy atom. The van der Waals surface area contributed by atoms with Crippen molar-refractivity contribution in [3.63, 3.8) is 0 Å². The molecule has 0 spiro atoms. The van der Waals surface area contributed by atoms with Crippen molar-refractivity contribution in [2.45, 2.75) is 0 Å². The summed E-state index contributed by atoms with van der Waals surface area (Å²) in [5, 5.41) is 0. The molecule has 1 aromatic carbocycles. The fourth-order valence-corrected chi connectivity index (χ4v) is 0.741. The lowest BCUT2D eigenvalue weighted by molar-refractivity contribution is 1.64. The van der Waals surface area contributed by atoms with Crippen molar-refractivity contribution in [2.24, 2.45) is 0 Å². The van der Waals surface area contributed by atoms with Crippen LogP contribution in [-0.2, 0) is 0 Å². The first-order valence-electron chi connectivity index (χ1n) is 3.78. The van der Waals surface area contributed by atoms with Crippen LogP contribution in [0.4, 0.5) is 0 Å². The predicted octanol–water partition coefficient (Wildman–Crippen LogP) is 2.17. The summed E-state index contributed by atoms with van der Waals surface area (Å²) in [4.78, 5) is 11.0. The van der Waals surface area contributed by atoms with Crippen molar-refractivity contribution in [1.82, 2.24) is 0 Å². The van der Waals surface area contributed by atoms with E-state index in [1.165, 1.54) is 12.1 Å². The van der Waals surface area contributed by atoms with Crippen LogP contribution >= 0.6 is 0 Å². The molecule has 0 amide bonds. The quantitative estimate of drug-likeness (QED) is 0.565. The highest BCUT2D eigenvalue weighted by Crippen LogP contribution is 1.77. The van der Waals surface area contributed by atoms with E-state index in [-0.39, 0.29) is 5.43 Å². The van der Waals surface area contributed by atoms with Gasteiger partial charge < -0.3 is 0 Å². The Balaban J connectivity index is 3.23. The van der Waals surface area contributed by atoms with Gasteiger partial charge in [-0.15, -0.1) is 0 Å². The summed E-state index contributed by atoms with van der Waals surface area (Å²) in [5.41, 5.74) is 0.00574. The van der Waals surface area contributed by atoms with Gasteiger partial charge in [-0.1, -0.05) is 48.5 Å². The number of rotatable bonds is 0. The van der Waals surface area contributed by atoms with E-state index < -0.39 is 0 Å². The first-order chi connectivity index (χ1) is 5.89. The lowest BCUT2D eigenvalue weighted by Gasteiger charge is -1.64. The van der Waals surface area contributed by atoms with Gasteiger partial charge >= 0.3 is 0 Å². The second-order valence-electron chi connectivity index (χ2n) is 2.28. The number of hydrogen-bond donors (Lipinski definition) is 0. The van der Waals surface area contributed by atoms with Crippen LogP contribution in [0.5, 0.6) is 0 Å². The minimum atomic E-state index is 0.00574. The molecule has 1 rings (SSSR count). The molecule has 0 radical (unpaired) electrons. The summed E-state index contributed by atoms with van der Waals surface area (Å²) >= 11 is 0. The normalized spacial score (nSPS) is 8.33. The summed E-state index contributed by atoms with van der Waals surface area (Å²) in [5.74, 6) is 0. The van der Waals surface area contributed by atoms with E-state index in [4.69, 9.17) is 0 Å². The second kappa shape index (κ2) is 5.08. The molecule has 1 aromatic rings. The Labute approximate surface area is 71.6 Å². The summed E-state index contributed by atoms with van der Waals surface area (Å²) in [6.45, 7) is 0. The lowest BCUT2D eigenvalue weighted by Crippen LogP contribution is -1.88. The van der Waals surface area contributed by atoms with E-state index in [2.05, 4.69) is 0 Å². The third-order valence-electron chi connectivity index (χ3n) is 1.30. The average Bonchev–Trinajstić information content (AvgIpc) is 2.11. The van der Waals surface area contributed by atoms with Crippen LogP contribution in [-0.4, -0.2) is 0 Å². The predicted molar refractivity (Wildman–Crippen MR) is 50.3 cm³/mol. The highest BCUT2D eigenvalue weighted by Gasteiger charge is 1.68. The Morgan fingerprint density at radius 2 is 0.917 bits per heavy atom. The molecule has 0 N–H and O–H groups in total. The van der Waals surface area contributed by atoms with Gasteiger partial charge in [0.25, 0.3) is 0 Å². The zero-order valence-electron chi connectivity index (χ0n) is 6.68. The largest absolute Gasteiger partial charge is 0.290 e. The van der Waals surface area contributed by atoms with Crippen molar-refractivity contribution in [3.8, 4) is 0 Å². The molecule has 0 bridgehead atoms. The highest BCUT2D eigenvalue weighted by molar-refractivity contribution is 5.00. The van der Waals surface area contributed by atoms with Crippen LogP contribution in [0.15, 0.2) is 65.5 Å². The fourth-order valence-electron chi connectivity index (χ4n) is 0.741. The molecule has 0 saturated heterocycles. The van der Waals surface area contributed by atoms with Crippen molar-refractivity contribution in [3.05, 3.63) is 70.9 Å². The smallest absolute Gasteiger partial charge is 0.178 e. The van der Waals surface area contributed by atoms with E-state index >= 15 is 0 Å². The molecule has 1 heteroatoms. The Hall–Kier alpha value is -1.63. The van der Waals surface area contributed by atoms with Gasteiger partial charge in [0, 0.05) is 0 Å². The highest BCUT2D eigenvalue weighted by atomic mass is 16.1. The first kappa shape index (κ1) is 8.47. The molecule has 12 heavy (non-hydrogen) atoms. The molecule has 1 nitrogen and oxygen atoms in total. The summed E-state index contributed by atoms with van der Waals surface area (Å²) < 4.78 is 0. The van der Waals surface area contributed by atoms with Crippen LogP contribution in [0, 0.1) is 0 Å². The molecule has 0 saturated carbocycles. The maximum Gasteiger partial charge on any atom is 0.178 e. The van der Waals surface area contributed by atoms with Gasteiger partial charge in [-0.2, -0.15) is 0 Å². The molecule has 0 unspecified atom stereocenters. The fraction of sp³-hybridized carbons (Fsp3) is 0. The monoisotopic (exact) mass is 158 g/mol. The summed E-state index contributed by atoms with van der Waals surface area (Å²) in [6, 6.07) is 17.7. The molecule has 0 atom stereocenters. The van der Waals surface area contributed by atoms with Gasteiger partial charge in [0.05, 0.1) is 0 Å². The first-order valence-corrected chi connectivity index (χ1v) is 3.78. The molecule has 0 aliphatic carbocycles. The minimum Gasteiger partial charge on any atom is -0.290 e. The molecule has 0 aliphatic rings. The Bertz CT molecular complexity index is 311. The van der Waals surface area contributed by atoms with Crippen LogP contribution in [0.3, 0.4) is 0 Å². The minimum absolute atomic E-state index is 0.00574. The average molecular weight is 158 g/mol. The second-order valence-corrected chi connectivity index (χ2v) is 2.28. The number of hydrogen-bond acceptors (Lipinski definition) is 1. The summed E-state index contributed by atoms with van der Waals surface area (Å²) in [7, 11) is 0. The summed E-state index contributed by atoms with van der Waals surface area (Å²) in [6.07, 6.45) is 0. The molecule has 0 heterocycles. The standard InChI is InChI=1S/C11H10O/c12-11-9-7-5-3-1-2-4-6-8-10-11/h1-10H. The molecule has 0 aromatic heterocycles. The SMILES string of the molecule is O=c1cccccccccc1. The zero-order valence-corrected chi connectivity index (χ0v) is 6.68. The zero-order chi connectivity index (χ0) is 8.65. The van der Waals surface area contributed by atoms with E-state index in [1.807, 2.05) is 36.4 Å². The van der Waals surface area contributed by atoms with Crippen LogP contribution in [0.25, 0.3) is 0 Å². The van der Waals surface area contributed by atoms with Gasteiger partial charge in [-0.05, 0) is 12.1 Å². The van der Waals surface area contributed by atoms with Gasteiger partial charge in [0.15, 0.2) is 5.43 Å². The van der Waals surface area contributed by atoms with Crippen LogP contribution in [0.2, 0.25) is 0 Å². The van der Waals surface area contributed by atoms with Crippen molar-refractivity contribution < 1.29 is 0 Å². The van der Waals surface area contributed by atoms with Crippen LogP contribution in [0.1, 0.15) is 0 Å². The Kier molecular flexibility index (Phi) is 3.58. The van der Waals surface area contributed by atoms with Gasteiger partial charge in [-0.25, -0.2) is 0 Å². The molecule has 0 aliphatic heterocycles. The maximum atomic E-state index is 11.0. The van der Waals surface area contributed by atoms with Crippen LogP contribution < -0.4 is 5.43 Å². The van der Waals surface area contributed by atoms with Crippen molar-refractivity contribution in [1.29, 1.82) is 0 Å². The van der Waals surface area contributed by atoms with Gasteiger partial charge in [-0.3, -0.25) is 4.79 Å².